The average molecular weight is 156 g/mol. The number of amidine groups is 1. The van der Waals surface area contributed by atoms with E-state index in [-0.39, 0.29) is 5.91 Å². The van der Waals surface area contributed by atoms with Crippen LogP contribution in [0.15, 0.2) is 4.99 Å². The third kappa shape index (κ3) is 1.77. The fourth-order valence-electron chi connectivity index (χ4n) is 1.00. The van der Waals surface area contributed by atoms with Gasteiger partial charge in [-0.25, -0.2) is 0 Å². The van der Waals surface area contributed by atoms with E-state index in [0.717, 1.165) is 5.84 Å². The summed E-state index contributed by atoms with van der Waals surface area (Å²) in [4.78, 5) is 16.7. The van der Waals surface area contributed by atoms with E-state index >= 15 is 0 Å². The Hall–Kier alpha value is -0.900. The Morgan fingerprint density at radius 2 is 2.45 bits per heavy atom. The molecule has 0 atom stereocenters. The molecule has 0 fully saturated rings. The van der Waals surface area contributed by atoms with Crippen LogP contribution >= 0.6 is 0 Å². The predicted molar refractivity (Wildman–Crippen MR) is 41.6 cm³/mol. The molecule has 0 aromatic heterocycles. The average Bonchev–Trinajstić information content (AvgIpc) is 2.29. The molecule has 0 unspecified atom stereocenters. The van der Waals surface area contributed by atoms with Crippen molar-refractivity contribution in [3.63, 3.8) is 0 Å². The summed E-state index contributed by atoms with van der Waals surface area (Å²) in [6, 6.07) is 0. The molecule has 1 aliphatic heterocycles. The second-order valence-electron chi connectivity index (χ2n) is 2.40. The van der Waals surface area contributed by atoms with E-state index in [1.165, 1.54) is 0 Å². The van der Waals surface area contributed by atoms with Gasteiger partial charge in [0, 0.05) is 7.11 Å². The zero-order valence-electron chi connectivity index (χ0n) is 6.83. The lowest BCUT2D eigenvalue weighted by atomic mass is 10.5. The maximum Gasteiger partial charge on any atom is 0.249 e. The van der Waals surface area contributed by atoms with Crippen LogP contribution in [0.25, 0.3) is 0 Å². The minimum absolute atomic E-state index is 0.0690. The van der Waals surface area contributed by atoms with E-state index in [1.807, 2.05) is 6.92 Å². The SMILES string of the molecule is COCCN1C(=O)CN=C1C. The topological polar surface area (TPSA) is 41.9 Å². The van der Waals surface area contributed by atoms with Gasteiger partial charge in [-0.1, -0.05) is 0 Å². The Kier molecular flexibility index (Phi) is 2.59. The standard InChI is InChI=1S/C7H12N2O2/c1-6-8-5-7(10)9(6)3-4-11-2/h3-5H2,1-2H3. The molecular weight excluding hydrogens is 144 g/mol. The first-order valence-electron chi connectivity index (χ1n) is 3.56. The Labute approximate surface area is 65.9 Å². The molecule has 0 N–H and O–H groups in total. The molecule has 62 valence electrons. The van der Waals surface area contributed by atoms with Crippen LogP contribution in [0.3, 0.4) is 0 Å². The van der Waals surface area contributed by atoms with Gasteiger partial charge < -0.3 is 4.74 Å². The first kappa shape index (κ1) is 8.20. The number of hydrogen-bond acceptors (Lipinski definition) is 3. The first-order valence-corrected chi connectivity index (χ1v) is 3.56. The number of aliphatic imine (C=N–C) groups is 1. The second-order valence-corrected chi connectivity index (χ2v) is 2.40. The van der Waals surface area contributed by atoms with E-state index in [9.17, 15) is 4.79 Å². The van der Waals surface area contributed by atoms with Crippen molar-refractivity contribution in [2.24, 2.45) is 4.99 Å². The highest BCUT2D eigenvalue weighted by Gasteiger charge is 2.20. The van der Waals surface area contributed by atoms with Crippen molar-refractivity contribution in [2.45, 2.75) is 6.92 Å². The molecule has 0 aromatic rings. The smallest absolute Gasteiger partial charge is 0.249 e. The van der Waals surface area contributed by atoms with E-state index in [1.54, 1.807) is 12.0 Å². The summed E-state index contributed by atoms with van der Waals surface area (Å²) in [5, 5.41) is 0. The molecule has 1 amide bonds. The number of carbonyl (C=O) groups is 1. The quantitative estimate of drug-likeness (QED) is 0.572. The van der Waals surface area contributed by atoms with Gasteiger partial charge in [0.1, 0.15) is 12.4 Å². The predicted octanol–water partition coefficient (Wildman–Crippen LogP) is -0.107. The Morgan fingerprint density at radius 1 is 1.73 bits per heavy atom. The summed E-state index contributed by atoms with van der Waals surface area (Å²) in [5.41, 5.74) is 0. The van der Waals surface area contributed by atoms with Gasteiger partial charge in [-0.2, -0.15) is 0 Å². The zero-order valence-corrected chi connectivity index (χ0v) is 6.83. The molecule has 0 radical (unpaired) electrons. The van der Waals surface area contributed by atoms with Crippen LogP contribution < -0.4 is 0 Å². The summed E-state index contributed by atoms with van der Waals surface area (Å²) in [6.07, 6.45) is 0. The van der Waals surface area contributed by atoms with Crippen LogP contribution in [0.1, 0.15) is 6.92 Å². The third-order valence-electron chi connectivity index (χ3n) is 1.65. The maximum atomic E-state index is 11.0. The molecule has 1 rings (SSSR count). The van der Waals surface area contributed by atoms with E-state index in [0.29, 0.717) is 19.7 Å². The van der Waals surface area contributed by atoms with Gasteiger partial charge in [-0.15, -0.1) is 0 Å². The molecule has 0 spiro atoms. The van der Waals surface area contributed by atoms with Crippen LogP contribution in [0, 0.1) is 0 Å². The number of methoxy groups -OCH3 is 1. The van der Waals surface area contributed by atoms with Crippen LogP contribution in [-0.4, -0.2) is 43.4 Å². The van der Waals surface area contributed by atoms with Crippen molar-refractivity contribution < 1.29 is 9.53 Å². The van der Waals surface area contributed by atoms with Gasteiger partial charge in [0.15, 0.2) is 0 Å². The van der Waals surface area contributed by atoms with E-state index in [4.69, 9.17) is 4.74 Å². The lowest BCUT2D eigenvalue weighted by molar-refractivity contribution is -0.125. The minimum atomic E-state index is 0.0690. The van der Waals surface area contributed by atoms with Crippen molar-refractivity contribution in [1.82, 2.24) is 4.90 Å². The van der Waals surface area contributed by atoms with E-state index in [2.05, 4.69) is 4.99 Å². The number of nitrogens with zero attached hydrogens (tertiary/aromatic N) is 2. The van der Waals surface area contributed by atoms with Crippen LogP contribution in [0.5, 0.6) is 0 Å². The molecule has 11 heavy (non-hydrogen) atoms. The lowest BCUT2D eigenvalue weighted by Gasteiger charge is -2.14. The normalized spacial score (nSPS) is 17.5. The Morgan fingerprint density at radius 3 is 2.91 bits per heavy atom. The number of ether oxygens (including phenoxy) is 1. The monoisotopic (exact) mass is 156 g/mol. The summed E-state index contributed by atoms with van der Waals surface area (Å²) in [6.45, 7) is 3.32. The number of amides is 1. The van der Waals surface area contributed by atoms with Crippen molar-refractivity contribution in [3.05, 3.63) is 0 Å². The molecule has 0 bridgehead atoms. The molecule has 4 heteroatoms. The number of hydrogen-bond donors (Lipinski definition) is 0. The van der Waals surface area contributed by atoms with Gasteiger partial charge in [0.2, 0.25) is 5.91 Å². The molecule has 0 saturated carbocycles. The van der Waals surface area contributed by atoms with Crippen molar-refractivity contribution >= 4 is 11.7 Å². The summed E-state index contributed by atoms with van der Waals surface area (Å²) >= 11 is 0. The molecular formula is C7H12N2O2. The Bertz CT molecular complexity index is 189. The van der Waals surface area contributed by atoms with Crippen molar-refractivity contribution in [3.8, 4) is 0 Å². The highest BCUT2D eigenvalue weighted by atomic mass is 16.5. The number of carbonyl (C=O) groups excluding carboxylic acids is 1. The maximum absolute atomic E-state index is 11.0. The molecule has 0 aromatic carbocycles. The molecule has 1 heterocycles. The Balaban J connectivity index is 2.43. The summed E-state index contributed by atoms with van der Waals surface area (Å²) < 4.78 is 4.85. The first-order chi connectivity index (χ1) is 5.25. The van der Waals surface area contributed by atoms with Crippen LogP contribution in [-0.2, 0) is 9.53 Å². The molecule has 1 aliphatic rings. The lowest BCUT2D eigenvalue weighted by Crippen LogP contribution is -2.33. The minimum Gasteiger partial charge on any atom is -0.383 e. The zero-order chi connectivity index (χ0) is 8.27. The van der Waals surface area contributed by atoms with Crippen LogP contribution in [0.4, 0.5) is 0 Å². The van der Waals surface area contributed by atoms with Gasteiger partial charge in [-0.3, -0.25) is 14.7 Å². The highest BCUT2D eigenvalue weighted by Crippen LogP contribution is 2.01. The van der Waals surface area contributed by atoms with Gasteiger partial charge in [0.05, 0.1) is 13.2 Å². The van der Waals surface area contributed by atoms with E-state index < -0.39 is 0 Å². The van der Waals surface area contributed by atoms with Gasteiger partial charge in [0.25, 0.3) is 0 Å². The fourth-order valence-corrected chi connectivity index (χ4v) is 1.00. The van der Waals surface area contributed by atoms with Gasteiger partial charge in [-0.05, 0) is 6.92 Å². The highest BCUT2D eigenvalue weighted by molar-refractivity contribution is 6.02. The molecule has 4 nitrogen and oxygen atoms in total. The largest absolute Gasteiger partial charge is 0.383 e. The fraction of sp³-hybridized carbons (Fsp3) is 0.714. The molecule has 0 aliphatic carbocycles. The summed E-state index contributed by atoms with van der Waals surface area (Å²) in [7, 11) is 1.62. The second kappa shape index (κ2) is 3.48. The number of rotatable bonds is 3. The van der Waals surface area contributed by atoms with Crippen LogP contribution in [0.2, 0.25) is 0 Å². The summed E-state index contributed by atoms with van der Waals surface area (Å²) in [5.74, 6) is 0.867. The third-order valence-corrected chi connectivity index (χ3v) is 1.65. The van der Waals surface area contributed by atoms with Gasteiger partial charge >= 0.3 is 0 Å². The molecule has 0 saturated heterocycles. The van der Waals surface area contributed by atoms with Crippen molar-refractivity contribution in [2.75, 3.05) is 26.8 Å². The van der Waals surface area contributed by atoms with Crippen molar-refractivity contribution in [1.29, 1.82) is 0 Å².